The molecule has 0 amide bonds. The largest absolute Gasteiger partial charge is 0.469 e. The number of hydrogen-bond acceptors (Lipinski definition) is 5. The van der Waals surface area contributed by atoms with Gasteiger partial charge in [0.2, 0.25) is 0 Å². The van der Waals surface area contributed by atoms with Crippen LogP contribution in [0.5, 0.6) is 0 Å². The average molecular weight is 230 g/mol. The summed E-state index contributed by atoms with van der Waals surface area (Å²) in [6.45, 7) is 0.854. The maximum absolute atomic E-state index is 10.2. The lowest BCUT2D eigenvalue weighted by Gasteiger charge is -2.21. The monoisotopic (exact) mass is 230 g/mol. The maximum Gasteiger partial charge on any atom is 0.469 e. The number of phosphoric ester groups is 1. The SMILES string of the molecule is CC[C@@H](O)[C@@H](O)[C@@H](O)COP(=O)(O)O. The first kappa shape index (κ1) is 14.0. The van der Waals surface area contributed by atoms with E-state index in [-0.39, 0.29) is 6.42 Å². The molecule has 0 radical (unpaired) electrons. The summed E-state index contributed by atoms with van der Waals surface area (Å²) in [5.41, 5.74) is 0. The molecule has 0 saturated carbocycles. The van der Waals surface area contributed by atoms with Gasteiger partial charge in [0.15, 0.2) is 0 Å². The summed E-state index contributed by atoms with van der Waals surface area (Å²) in [4.78, 5) is 16.6. The second kappa shape index (κ2) is 5.77. The van der Waals surface area contributed by atoms with Crippen LogP contribution in [0, 0.1) is 0 Å². The van der Waals surface area contributed by atoms with E-state index in [9.17, 15) is 4.57 Å². The molecule has 0 aliphatic rings. The number of phosphoric acid groups is 1. The van der Waals surface area contributed by atoms with Gasteiger partial charge in [-0.15, -0.1) is 0 Å². The third-order valence-electron chi connectivity index (χ3n) is 1.62. The van der Waals surface area contributed by atoms with Crippen molar-refractivity contribution in [1.29, 1.82) is 0 Å². The van der Waals surface area contributed by atoms with Crippen LogP contribution in [0.4, 0.5) is 0 Å². The number of hydrogen-bond donors (Lipinski definition) is 5. The van der Waals surface area contributed by atoms with Crippen molar-refractivity contribution < 1.29 is 34.2 Å². The summed E-state index contributed by atoms with van der Waals surface area (Å²) in [5, 5.41) is 27.3. The van der Waals surface area contributed by atoms with Crippen LogP contribution in [0.15, 0.2) is 0 Å². The van der Waals surface area contributed by atoms with Crippen molar-refractivity contribution in [3.8, 4) is 0 Å². The predicted octanol–water partition coefficient (Wildman–Crippen LogP) is -1.41. The lowest BCUT2D eigenvalue weighted by Crippen LogP contribution is -2.39. The van der Waals surface area contributed by atoms with Crippen LogP contribution < -0.4 is 0 Å². The van der Waals surface area contributed by atoms with Crippen molar-refractivity contribution in [2.45, 2.75) is 31.7 Å². The zero-order valence-electron chi connectivity index (χ0n) is 7.65. The third kappa shape index (κ3) is 5.66. The first-order valence-corrected chi connectivity index (χ1v) is 5.55. The molecule has 0 spiro atoms. The van der Waals surface area contributed by atoms with Gasteiger partial charge in [-0.3, -0.25) is 4.52 Å². The second-order valence-corrected chi connectivity index (χ2v) is 4.06. The molecule has 0 unspecified atom stereocenters. The highest BCUT2D eigenvalue weighted by Crippen LogP contribution is 2.35. The normalized spacial score (nSPS) is 19.0. The number of aliphatic hydroxyl groups is 3. The Morgan fingerprint density at radius 1 is 1.21 bits per heavy atom. The highest BCUT2D eigenvalue weighted by atomic mass is 31.2. The van der Waals surface area contributed by atoms with E-state index in [1.807, 2.05) is 0 Å². The molecule has 0 fully saturated rings. The summed E-state index contributed by atoms with van der Waals surface area (Å²) < 4.78 is 14.2. The smallest absolute Gasteiger partial charge is 0.390 e. The van der Waals surface area contributed by atoms with Crippen LogP contribution in [0.25, 0.3) is 0 Å². The number of aliphatic hydroxyl groups excluding tert-OH is 3. The van der Waals surface area contributed by atoms with Crippen LogP contribution in [-0.2, 0) is 9.09 Å². The Labute approximate surface area is 81.2 Å². The van der Waals surface area contributed by atoms with Gasteiger partial charge in [0.1, 0.15) is 12.2 Å². The minimum Gasteiger partial charge on any atom is -0.390 e. The molecule has 8 heteroatoms. The minimum absolute atomic E-state index is 0.216. The molecule has 0 rings (SSSR count). The van der Waals surface area contributed by atoms with E-state index in [2.05, 4.69) is 4.52 Å². The van der Waals surface area contributed by atoms with Crippen molar-refractivity contribution in [3.05, 3.63) is 0 Å². The van der Waals surface area contributed by atoms with Gasteiger partial charge in [-0.2, -0.15) is 0 Å². The summed E-state index contributed by atoms with van der Waals surface area (Å²) in [6, 6.07) is 0. The molecule has 14 heavy (non-hydrogen) atoms. The maximum atomic E-state index is 10.2. The molecule has 86 valence electrons. The van der Waals surface area contributed by atoms with E-state index >= 15 is 0 Å². The van der Waals surface area contributed by atoms with Gasteiger partial charge >= 0.3 is 7.82 Å². The first-order chi connectivity index (χ1) is 6.28. The van der Waals surface area contributed by atoms with Crippen LogP contribution in [0.1, 0.15) is 13.3 Å². The molecular weight excluding hydrogens is 215 g/mol. The Hall–Kier alpha value is -0.0100. The summed E-state index contributed by atoms with van der Waals surface area (Å²) in [6.07, 6.45) is -3.94. The zero-order chi connectivity index (χ0) is 11.4. The van der Waals surface area contributed by atoms with Crippen molar-refractivity contribution >= 4 is 7.82 Å². The Bertz CT molecular complexity index is 202. The molecule has 0 saturated heterocycles. The highest BCUT2D eigenvalue weighted by molar-refractivity contribution is 7.46. The molecule has 0 aromatic carbocycles. The minimum atomic E-state index is -4.65. The first-order valence-electron chi connectivity index (χ1n) is 4.02. The summed E-state index contributed by atoms with van der Waals surface area (Å²) >= 11 is 0. The quantitative estimate of drug-likeness (QED) is 0.354. The topological polar surface area (TPSA) is 127 Å². The molecule has 0 aromatic rings. The Morgan fingerprint density at radius 2 is 1.71 bits per heavy atom. The van der Waals surface area contributed by atoms with E-state index in [1.54, 1.807) is 6.92 Å². The Morgan fingerprint density at radius 3 is 2.07 bits per heavy atom. The molecule has 0 aromatic heterocycles. The lowest BCUT2D eigenvalue weighted by atomic mass is 10.1. The fraction of sp³-hybridized carbons (Fsp3) is 1.00. The second-order valence-electron chi connectivity index (χ2n) is 2.82. The standard InChI is InChI=1S/C6H15O7P/c1-2-4(7)6(9)5(8)3-13-14(10,11)12/h4-9H,2-3H2,1H3,(H2,10,11,12)/t4-,5+,6-/m1/s1. The molecule has 0 aliphatic carbocycles. The van der Waals surface area contributed by atoms with Crippen molar-refractivity contribution in [2.24, 2.45) is 0 Å². The zero-order valence-corrected chi connectivity index (χ0v) is 8.54. The lowest BCUT2D eigenvalue weighted by molar-refractivity contribution is -0.0757. The van der Waals surface area contributed by atoms with E-state index < -0.39 is 32.7 Å². The van der Waals surface area contributed by atoms with E-state index in [1.165, 1.54) is 0 Å². The Kier molecular flexibility index (Phi) is 5.77. The molecule has 7 nitrogen and oxygen atoms in total. The average Bonchev–Trinajstić information content (AvgIpc) is 2.10. The van der Waals surface area contributed by atoms with Crippen molar-refractivity contribution in [1.82, 2.24) is 0 Å². The summed E-state index contributed by atoms with van der Waals surface area (Å²) in [5.74, 6) is 0. The van der Waals surface area contributed by atoms with Gasteiger partial charge in [-0.05, 0) is 6.42 Å². The predicted molar refractivity (Wildman–Crippen MR) is 46.3 cm³/mol. The van der Waals surface area contributed by atoms with Crippen molar-refractivity contribution in [2.75, 3.05) is 6.61 Å². The molecule has 3 atom stereocenters. The molecular formula is C6H15O7P. The van der Waals surface area contributed by atoms with Crippen LogP contribution in [-0.4, -0.2) is 50.0 Å². The van der Waals surface area contributed by atoms with Gasteiger partial charge in [0.25, 0.3) is 0 Å². The van der Waals surface area contributed by atoms with Gasteiger partial charge in [0, 0.05) is 0 Å². The molecule has 0 aliphatic heterocycles. The molecule has 0 heterocycles. The van der Waals surface area contributed by atoms with Gasteiger partial charge in [-0.25, -0.2) is 4.57 Å². The summed E-state index contributed by atoms with van der Waals surface area (Å²) in [7, 11) is -4.65. The molecule has 0 bridgehead atoms. The Balaban J connectivity index is 3.96. The van der Waals surface area contributed by atoms with Crippen LogP contribution >= 0.6 is 7.82 Å². The van der Waals surface area contributed by atoms with E-state index in [0.29, 0.717) is 0 Å². The van der Waals surface area contributed by atoms with Gasteiger partial charge < -0.3 is 25.1 Å². The van der Waals surface area contributed by atoms with Crippen LogP contribution in [0.2, 0.25) is 0 Å². The van der Waals surface area contributed by atoms with Gasteiger partial charge in [0.05, 0.1) is 12.7 Å². The highest BCUT2D eigenvalue weighted by Gasteiger charge is 2.26. The third-order valence-corrected chi connectivity index (χ3v) is 2.11. The molecule has 5 N–H and O–H groups in total. The van der Waals surface area contributed by atoms with E-state index in [4.69, 9.17) is 25.1 Å². The van der Waals surface area contributed by atoms with E-state index in [0.717, 1.165) is 0 Å². The fourth-order valence-corrected chi connectivity index (χ4v) is 1.12. The van der Waals surface area contributed by atoms with Crippen LogP contribution in [0.3, 0.4) is 0 Å². The number of rotatable bonds is 6. The fourth-order valence-electron chi connectivity index (χ4n) is 0.770. The van der Waals surface area contributed by atoms with Crippen molar-refractivity contribution in [3.63, 3.8) is 0 Å². The van der Waals surface area contributed by atoms with Gasteiger partial charge in [-0.1, -0.05) is 6.92 Å².